The Hall–Kier alpha value is -5.02. The van der Waals surface area contributed by atoms with E-state index in [1.54, 1.807) is 6.20 Å². The van der Waals surface area contributed by atoms with Crippen molar-refractivity contribution in [2.24, 2.45) is 0 Å². The van der Waals surface area contributed by atoms with E-state index in [0.717, 1.165) is 39.7 Å². The Morgan fingerprint density at radius 3 is 2.40 bits per heavy atom. The molecule has 2 aromatic carbocycles. The van der Waals surface area contributed by atoms with E-state index < -0.39 is 0 Å². The Labute approximate surface area is 256 Å². The third kappa shape index (κ3) is 5.72. The molecule has 4 heterocycles. The lowest BCUT2D eigenvalue weighted by atomic mass is 9.96. The van der Waals surface area contributed by atoms with Crippen molar-refractivity contribution in [3.05, 3.63) is 132 Å². The molecule has 0 radical (unpaired) electrons. The zero-order valence-corrected chi connectivity index (χ0v) is 25.0. The van der Waals surface area contributed by atoms with E-state index in [-0.39, 0.29) is 24.6 Å². The van der Waals surface area contributed by atoms with Crippen LogP contribution in [0.2, 0.25) is 0 Å². The van der Waals surface area contributed by atoms with E-state index in [1.165, 1.54) is 0 Å². The van der Waals surface area contributed by atoms with E-state index in [9.17, 15) is 4.79 Å². The van der Waals surface area contributed by atoms with Crippen LogP contribution in [0.25, 0.3) is 5.82 Å². The summed E-state index contributed by atoms with van der Waals surface area (Å²) in [6.45, 7) is 6.22. The van der Waals surface area contributed by atoms with Crippen molar-refractivity contribution in [1.29, 1.82) is 0 Å². The summed E-state index contributed by atoms with van der Waals surface area (Å²) in [5.74, 6) is 1.32. The highest BCUT2D eigenvalue weighted by Crippen LogP contribution is 2.44. The van der Waals surface area contributed by atoms with Crippen LogP contribution in [-0.4, -0.2) is 32.2 Å². The Balaban J connectivity index is 1.31. The molecule has 1 aliphatic heterocycles. The minimum atomic E-state index is -0.236. The van der Waals surface area contributed by atoms with Crippen molar-refractivity contribution in [1.82, 2.24) is 19.9 Å². The summed E-state index contributed by atoms with van der Waals surface area (Å²) >= 11 is 5.94. The molecule has 2 N–H and O–H groups in total. The Morgan fingerprint density at radius 1 is 0.930 bits per heavy atom. The molecule has 43 heavy (non-hydrogen) atoms. The van der Waals surface area contributed by atoms with Crippen molar-refractivity contribution in [2.75, 3.05) is 16.8 Å². The molecule has 216 valence electrons. The van der Waals surface area contributed by atoms with Gasteiger partial charge in [0.05, 0.1) is 17.8 Å². The highest BCUT2D eigenvalue weighted by Gasteiger charge is 2.42. The number of carbonyl (C=O) groups excluding carboxylic acids is 1. The van der Waals surface area contributed by atoms with Gasteiger partial charge in [-0.1, -0.05) is 30.3 Å². The number of nitrogens with zero attached hydrogens (tertiary/aromatic N) is 4. The predicted octanol–water partition coefficient (Wildman–Crippen LogP) is 6.39. The quantitative estimate of drug-likeness (QED) is 0.203. The fraction of sp³-hybridized carbons (Fsp3) is 0.176. The summed E-state index contributed by atoms with van der Waals surface area (Å²) in [7, 11) is 0. The zero-order valence-electron chi connectivity index (χ0n) is 24.2. The first kappa shape index (κ1) is 28.1. The Kier molecular flexibility index (Phi) is 7.89. The molecule has 9 heteroatoms. The first-order chi connectivity index (χ1) is 20.9. The first-order valence-electron chi connectivity index (χ1n) is 14.1. The number of ether oxygens (including phenoxy) is 1. The van der Waals surface area contributed by atoms with Gasteiger partial charge in [-0.2, -0.15) is 0 Å². The second-order valence-corrected chi connectivity index (χ2v) is 10.9. The SMILES string of the molecule is Cc1cccnc1-n1c(C)cc([C@@H]2[C@H](c3ccccn3)NC(=S)N2c2ccc(NC(=O)COc3ccccc3)cc2)c1C. The van der Waals surface area contributed by atoms with Gasteiger partial charge >= 0.3 is 0 Å². The van der Waals surface area contributed by atoms with Gasteiger partial charge in [0, 0.05) is 35.2 Å². The molecule has 0 bridgehead atoms. The number of rotatable bonds is 8. The van der Waals surface area contributed by atoms with E-state index in [4.69, 9.17) is 21.9 Å². The predicted molar refractivity (Wildman–Crippen MR) is 173 cm³/mol. The molecule has 0 saturated carbocycles. The number of carbonyl (C=O) groups is 1. The summed E-state index contributed by atoms with van der Waals surface area (Å²) in [5, 5.41) is 7.05. The standard InChI is InChI=1S/C34H32N6O2S/c1-22-10-9-19-36-33(22)39-23(2)20-28(24(39)3)32-31(29-13-7-8-18-35-29)38-34(43)40(32)26-16-14-25(15-17-26)37-30(41)21-42-27-11-5-4-6-12-27/h4-20,31-32H,21H2,1-3H3,(H,37,41)(H,38,43)/t31-,32+/m0/s1. The highest BCUT2D eigenvalue weighted by atomic mass is 32.1. The minimum Gasteiger partial charge on any atom is -0.484 e. The smallest absolute Gasteiger partial charge is 0.262 e. The van der Waals surface area contributed by atoms with Gasteiger partial charge in [-0.25, -0.2) is 4.98 Å². The van der Waals surface area contributed by atoms with Crippen LogP contribution in [0.4, 0.5) is 11.4 Å². The first-order valence-corrected chi connectivity index (χ1v) is 14.5. The van der Waals surface area contributed by atoms with Crippen molar-refractivity contribution in [3.63, 3.8) is 0 Å². The number of pyridine rings is 2. The van der Waals surface area contributed by atoms with Crippen LogP contribution < -0.4 is 20.3 Å². The molecule has 1 aliphatic rings. The second-order valence-electron chi connectivity index (χ2n) is 10.5. The van der Waals surface area contributed by atoms with Crippen LogP contribution in [0.3, 0.4) is 0 Å². The molecule has 1 fully saturated rings. The second kappa shape index (κ2) is 12.1. The summed E-state index contributed by atoms with van der Waals surface area (Å²) in [5.41, 5.74) is 6.87. The average Bonchev–Trinajstić information content (AvgIpc) is 3.52. The number of aryl methyl sites for hydroxylation is 2. The molecule has 6 rings (SSSR count). The van der Waals surface area contributed by atoms with Gasteiger partial charge in [0.2, 0.25) is 0 Å². The number of amides is 1. The zero-order chi connectivity index (χ0) is 29.9. The summed E-state index contributed by atoms with van der Waals surface area (Å²) in [6.07, 6.45) is 3.63. The van der Waals surface area contributed by atoms with Gasteiger partial charge in [-0.05, 0) is 105 Å². The molecule has 5 aromatic rings. The van der Waals surface area contributed by atoms with Gasteiger partial charge in [0.15, 0.2) is 11.7 Å². The van der Waals surface area contributed by atoms with Gasteiger partial charge in [-0.3, -0.25) is 9.78 Å². The van der Waals surface area contributed by atoms with Crippen LogP contribution >= 0.6 is 12.2 Å². The van der Waals surface area contributed by atoms with Crippen LogP contribution in [0.1, 0.15) is 40.3 Å². The van der Waals surface area contributed by atoms with Gasteiger partial charge in [-0.15, -0.1) is 0 Å². The van der Waals surface area contributed by atoms with E-state index >= 15 is 0 Å². The minimum absolute atomic E-state index is 0.0783. The van der Waals surface area contributed by atoms with E-state index in [0.29, 0.717) is 16.5 Å². The number of hydrogen-bond acceptors (Lipinski definition) is 5. The molecule has 0 spiro atoms. The van der Waals surface area contributed by atoms with Crippen molar-refractivity contribution >= 4 is 34.6 Å². The van der Waals surface area contributed by atoms with Crippen molar-refractivity contribution in [3.8, 4) is 11.6 Å². The van der Waals surface area contributed by atoms with E-state index in [1.807, 2.05) is 85.1 Å². The Morgan fingerprint density at radius 2 is 1.67 bits per heavy atom. The normalized spacial score (nSPS) is 16.2. The number of thiocarbonyl (C=S) groups is 1. The maximum absolute atomic E-state index is 12.5. The van der Waals surface area contributed by atoms with Gasteiger partial charge < -0.3 is 24.8 Å². The summed E-state index contributed by atoms with van der Waals surface area (Å²) in [6, 6.07) is 28.8. The third-order valence-corrected chi connectivity index (χ3v) is 7.94. The topological polar surface area (TPSA) is 84.3 Å². The largest absolute Gasteiger partial charge is 0.484 e. The molecule has 1 saturated heterocycles. The third-order valence-electron chi connectivity index (χ3n) is 7.62. The lowest BCUT2D eigenvalue weighted by molar-refractivity contribution is -0.118. The summed E-state index contributed by atoms with van der Waals surface area (Å²) < 4.78 is 7.78. The molecule has 1 amide bonds. The van der Waals surface area contributed by atoms with Crippen molar-refractivity contribution in [2.45, 2.75) is 32.9 Å². The van der Waals surface area contributed by atoms with Crippen LogP contribution in [0, 0.1) is 20.8 Å². The monoisotopic (exact) mass is 588 g/mol. The van der Waals surface area contributed by atoms with Crippen LogP contribution in [-0.2, 0) is 4.79 Å². The number of aromatic nitrogens is 3. The van der Waals surface area contributed by atoms with Crippen LogP contribution in [0.5, 0.6) is 5.75 Å². The lowest BCUT2D eigenvalue weighted by Gasteiger charge is -2.28. The number of nitrogens with one attached hydrogen (secondary N) is 2. The molecule has 0 aliphatic carbocycles. The van der Waals surface area contributed by atoms with E-state index in [2.05, 4.69) is 58.0 Å². The van der Waals surface area contributed by atoms with Gasteiger partial charge in [0.25, 0.3) is 5.91 Å². The molecule has 2 atom stereocenters. The average molecular weight is 589 g/mol. The number of hydrogen-bond donors (Lipinski definition) is 2. The number of benzene rings is 2. The fourth-order valence-corrected chi connectivity index (χ4v) is 5.99. The molecule has 0 unspecified atom stereocenters. The van der Waals surface area contributed by atoms with Gasteiger partial charge in [0.1, 0.15) is 11.6 Å². The van der Waals surface area contributed by atoms with Crippen LogP contribution in [0.15, 0.2) is 103 Å². The maximum Gasteiger partial charge on any atom is 0.262 e. The number of para-hydroxylation sites is 1. The Bertz CT molecular complexity index is 1760. The molecule has 8 nitrogen and oxygen atoms in total. The highest BCUT2D eigenvalue weighted by molar-refractivity contribution is 7.80. The molecule has 3 aromatic heterocycles. The molecular weight excluding hydrogens is 556 g/mol. The van der Waals surface area contributed by atoms with Crippen molar-refractivity contribution < 1.29 is 9.53 Å². The maximum atomic E-state index is 12.5. The lowest BCUT2D eigenvalue weighted by Crippen LogP contribution is -2.29. The number of anilines is 2. The molecular formula is C34H32N6O2S. The summed E-state index contributed by atoms with van der Waals surface area (Å²) in [4.78, 5) is 24.1. The fourth-order valence-electron chi connectivity index (χ4n) is 5.64.